The first-order valence-corrected chi connectivity index (χ1v) is 7.10. The van der Waals surface area contributed by atoms with Gasteiger partial charge in [0, 0.05) is 17.9 Å². The van der Waals surface area contributed by atoms with E-state index in [-0.39, 0.29) is 6.04 Å². The van der Waals surface area contributed by atoms with E-state index in [0.717, 1.165) is 18.0 Å². The predicted molar refractivity (Wildman–Crippen MR) is 77.0 cm³/mol. The number of hydrogen-bond acceptors (Lipinski definition) is 3. The summed E-state index contributed by atoms with van der Waals surface area (Å²) in [5.41, 5.74) is 5.27. The molecule has 2 unspecified atom stereocenters. The standard InChI is InChI=1S/C15H27N3/c1-4-6-8-13(5-2)11-15(18-16)14-9-7-10-17-12(14)3/h7,9-10,13,15,18H,4-6,8,11,16H2,1-3H3. The van der Waals surface area contributed by atoms with Crippen LogP contribution in [0, 0.1) is 12.8 Å². The number of hydrazine groups is 1. The summed E-state index contributed by atoms with van der Waals surface area (Å²) in [5, 5.41) is 0. The maximum Gasteiger partial charge on any atom is 0.0480 e. The molecule has 0 aliphatic rings. The molecule has 0 aliphatic carbocycles. The number of unbranched alkanes of at least 4 members (excludes halogenated alkanes) is 1. The van der Waals surface area contributed by atoms with E-state index in [1.54, 1.807) is 0 Å². The third kappa shape index (κ3) is 4.39. The van der Waals surface area contributed by atoms with Crippen LogP contribution in [0.2, 0.25) is 0 Å². The van der Waals surface area contributed by atoms with Gasteiger partial charge in [-0.05, 0) is 30.9 Å². The van der Waals surface area contributed by atoms with Crippen molar-refractivity contribution in [1.29, 1.82) is 0 Å². The number of aromatic nitrogens is 1. The minimum Gasteiger partial charge on any atom is -0.271 e. The average molecular weight is 249 g/mol. The molecule has 0 saturated heterocycles. The van der Waals surface area contributed by atoms with Gasteiger partial charge in [0.1, 0.15) is 0 Å². The van der Waals surface area contributed by atoms with Gasteiger partial charge in [-0.15, -0.1) is 0 Å². The van der Waals surface area contributed by atoms with Crippen molar-refractivity contribution < 1.29 is 0 Å². The normalized spacial score (nSPS) is 14.4. The highest BCUT2D eigenvalue weighted by atomic mass is 15.2. The van der Waals surface area contributed by atoms with Crippen LogP contribution in [-0.2, 0) is 0 Å². The van der Waals surface area contributed by atoms with Crippen LogP contribution in [0.4, 0.5) is 0 Å². The van der Waals surface area contributed by atoms with Gasteiger partial charge in [-0.1, -0.05) is 45.6 Å². The summed E-state index contributed by atoms with van der Waals surface area (Å²) in [6, 6.07) is 4.33. The Morgan fingerprint density at radius 3 is 2.72 bits per heavy atom. The number of hydrogen-bond donors (Lipinski definition) is 2. The van der Waals surface area contributed by atoms with Gasteiger partial charge in [0.05, 0.1) is 0 Å². The van der Waals surface area contributed by atoms with E-state index in [2.05, 4.69) is 30.3 Å². The summed E-state index contributed by atoms with van der Waals surface area (Å²) < 4.78 is 0. The molecule has 0 aliphatic heterocycles. The molecule has 1 heterocycles. The maximum absolute atomic E-state index is 5.73. The number of rotatable bonds is 8. The van der Waals surface area contributed by atoms with Gasteiger partial charge < -0.3 is 0 Å². The largest absolute Gasteiger partial charge is 0.271 e. The van der Waals surface area contributed by atoms with Gasteiger partial charge >= 0.3 is 0 Å². The summed E-state index contributed by atoms with van der Waals surface area (Å²) in [5.74, 6) is 6.47. The van der Waals surface area contributed by atoms with E-state index in [1.807, 2.05) is 19.2 Å². The molecular formula is C15H27N3. The highest BCUT2D eigenvalue weighted by Gasteiger charge is 2.17. The van der Waals surface area contributed by atoms with Gasteiger partial charge in [0.2, 0.25) is 0 Å². The molecule has 0 aromatic carbocycles. The van der Waals surface area contributed by atoms with Crippen molar-refractivity contribution in [3.8, 4) is 0 Å². The fourth-order valence-electron chi connectivity index (χ4n) is 2.46. The molecular weight excluding hydrogens is 222 g/mol. The van der Waals surface area contributed by atoms with Crippen molar-refractivity contribution in [3.05, 3.63) is 29.6 Å². The molecule has 0 amide bonds. The monoisotopic (exact) mass is 249 g/mol. The Bertz CT molecular complexity index is 338. The summed E-state index contributed by atoms with van der Waals surface area (Å²) >= 11 is 0. The van der Waals surface area contributed by atoms with Gasteiger partial charge in [-0.2, -0.15) is 0 Å². The van der Waals surface area contributed by atoms with E-state index in [4.69, 9.17) is 5.84 Å². The molecule has 1 aromatic rings. The molecule has 2 atom stereocenters. The Balaban J connectivity index is 2.68. The average Bonchev–Trinajstić information content (AvgIpc) is 2.40. The number of aryl methyl sites for hydroxylation is 1. The van der Waals surface area contributed by atoms with Crippen molar-refractivity contribution in [2.24, 2.45) is 11.8 Å². The van der Waals surface area contributed by atoms with E-state index in [1.165, 1.54) is 31.2 Å². The van der Waals surface area contributed by atoms with Crippen molar-refractivity contribution in [2.45, 2.75) is 58.9 Å². The van der Waals surface area contributed by atoms with Gasteiger partial charge in [-0.25, -0.2) is 0 Å². The van der Waals surface area contributed by atoms with Crippen molar-refractivity contribution in [2.75, 3.05) is 0 Å². The molecule has 1 rings (SSSR count). The Morgan fingerprint density at radius 2 is 2.17 bits per heavy atom. The number of pyridine rings is 1. The third-order valence-electron chi connectivity index (χ3n) is 3.74. The van der Waals surface area contributed by atoms with Crippen molar-refractivity contribution in [3.63, 3.8) is 0 Å². The lowest BCUT2D eigenvalue weighted by Gasteiger charge is -2.23. The first-order valence-electron chi connectivity index (χ1n) is 7.10. The Labute approximate surface area is 111 Å². The SMILES string of the molecule is CCCCC(CC)CC(NN)c1cccnc1C. The van der Waals surface area contributed by atoms with Crippen LogP contribution in [0.25, 0.3) is 0 Å². The molecule has 3 N–H and O–H groups in total. The van der Waals surface area contributed by atoms with Crippen LogP contribution in [0.5, 0.6) is 0 Å². The van der Waals surface area contributed by atoms with Gasteiger partial charge in [-0.3, -0.25) is 16.3 Å². The molecule has 0 spiro atoms. The highest BCUT2D eigenvalue weighted by molar-refractivity contribution is 5.22. The fourth-order valence-corrected chi connectivity index (χ4v) is 2.46. The van der Waals surface area contributed by atoms with Crippen molar-refractivity contribution in [1.82, 2.24) is 10.4 Å². The molecule has 1 aromatic heterocycles. The van der Waals surface area contributed by atoms with Gasteiger partial charge in [0.15, 0.2) is 0 Å². The lowest BCUT2D eigenvalue weighted by molar-refractivity contribution is 0.355. The zero-order valence-corrected chi connectivity index (χ0v) is 11.9. The molecule has 0 saturated carbocycles. The zero-order valence-electron chi connectivity index (χ0n) is 11.9. The van der Waals surface area contributed by atoms with Gasteiger partial charge in [0.25, 0.3) is 0 Å². The summed E-state index contributed by atoms with van der Waals surface area (Å²) in [4.78, 5) is 4.35. The van der Waals surface area contributed by atoms with Crippen LogP contribution in [0.1, 0.15) is 63.3 Å². The Morgan fingerprint density at radius 1 is 1.39 bits per heavy atom. The first kappa shape index (κ1) is 15.1. The van der Waals surface area contributed by atoms with Crippen LogP contribution >= 0.6 is 0 Å². The predicted octanol–water partition coefficient (Wildman–Crippen LogP) is 3.50. The second-order valence-electron chi connectivity index (χ2n) is 5.05. The quantitative estimate of drug-likeness (QED) is 0.547. The molecule has 0 radical (unpaired) electrons. The minimum atomic E-state index is 0.223. The highest BCUT2D eigenvalue weighted by Crippen LogP contribution is 2.27. The molecule has 0 bridgehead atoms. The summed E-state index contributed by atoms with van der Waals surface area (Å²) in [6.45, 7) is 6.56. The second kappa shape index (κ2) is 8.22. The van der Waals surface area contributed by atoms with Crippen LogP contribution in [0.15, 0.2) is 18.3 Å². The van der Waals surface area contributed by atoms with Crippen molar-refractivity contribution >= 4 is 0 Å². The second-order valence-corrected chi connectivity index (χ2v) is 5.05. The Hall–Kier alpha value is -0.930. The van der Waals surface area contributed by atoms with Crippen LogP contribution in [0.3, 0.4) is 0 Å². The maximum atomic E-state index is 5.73. The topological polar surface area (TPSA) is 50.9 Å². The van der Waals surface area contributed by atoms with Crippen LogP contribution < -0.4 is 11.3 Å². The van der Waals surface area contributed by atoms with Crippen LogP contribution in [-0.4, -0.2) is 4.98 Å². The molecule has 0 fully saturated rings. The van der Waals surface area contributed by atoms with E-state index >= 15 is 0 Å². The summed E-state index contributed by atoms with van der Waals surface area (Å²) in [7, 11) is 0. The number of nitrogens with zero attached hydrogens (tertiary/aromatic N) is 1. The third-order valence-corrected chi connectivity index (χ3v) is 3.74. The molecule has 18 heavy (non-hydrogen) atoms. The van der Waals surface area contributed by atoms with E-state index in [0.29, 0.717) is 0 Å². The lowest BCUT2D eigenvalue weighted by atomic mass is 9.89. The fraction of sp³-hybridized carbons (Fsp3) is 0.667. The smallest absolute Gasteiger partial charge is 0.0480 e. The Kier molecular flexibility index (Phi) is 6.91. The number of nitrogens with two attached hydrogens (primary N) is 1. The number of nitrogens with one attached hydrogen (secondary N) is 1. The molecule has 3 nitrogen and oxygen atoms in total. The van der Waals surface area contributed by atoms with E-state index in [9.17, 15) is 0 Å². The minimum absolute atomic E-state index is 0.223. The first-order chi connectivity index (χ1) is 8.72. The lowest BCUT2D eigenvalue weighted by Crippen LogP contribution is -2.30. The van der Waals surface area contributed by atoms with E-state index < -0.39 is 0 Å². The zero-order chi connectivity index (χ0) is 13.4. The molecule has 3 heteroatoms. The molecule has 102 valence electrons. The summed E-state index contributed by atoms with van der Waals surface area (Å²) in [6.07, 6.45) is 8.02.